The van der Waals surface area contributed by atoms with Crippen LogP contribution in [-0.4, -0.2) is 34.9 Å². The Morgan fingerprint density at radius 2 is 1.85 bits per heavy atom. The SMILES string of the molecule is CCCS(=O)(=O)CCOc1ccc(Cl)cc1S(N)(=O)=O. The number of hydrogen-bond acceptors (Lipinski definition) is 5. The van der Waals surface area contributed by atoms with E-state index in [2.05, 4.69) is 0 Å². The van der Waals surface area contributed by atoms with Crippen LogP contribution in [0.2, 0.25) is 5.02 Å². The molecule has 0 atom stereocenters. The summed E-state index contributed by atoms with van der Waals surface area (Å²) >= 11 is 5.70. The lowest BCUT2D eigenvalue weighted by Gasteiger charge is -2.10. The van der Waals surface area contributed by atoms with Gasteiger partial charge in [0.2, 0.25) is 10.0 Å². The molecular formula is C11H16ClNO5S2. The van der Waals surface area contributed by atoms with Gasteiger partial charge >= 0.3 is 0 Å². The van der Waals surface area contributed by atoms with E-state index in [9.17, 15) is 16.8 Å². The molecule has 20 heavy (non-hydrogen) atoms. The quantitative estimate of drug-likeness (QED) is 0.802. The molecule has 0 amide bonds. The zero-order chi connectivity index (χ0) is 15.4. The number of rotatable bonds is 7. The number of halogens is 1. The van der Waals surface area contributed by atoms with E-state index < -0.39 is 19.9 Å². The van der Waals surface area contributed by atoms with Gasteiger partial charge in [0.05, 0.1) is 11.5 Å². The molecule has 0 fully saturated rings. The van der Waals surface area contributed by atoms with E-state index >= 15 is 0 Å². The third kappa shape index (κ3) is 5.28. The van der Waals surface area contributed by atoms with Gasteiger partial charge in [0, 0.05) is 5.02 Å². The molecule has 0 spiro atoms. The van der Waals surface area contributed by atoms with Crippen molar-refractivity contribution in [1.29, 1.82) is 0 Å². The maximum atomic E-state index is 11.5. The van der Waals surface area contributed by atoms with Crippen LogP contribution >= 0.6 is 11.6 Å². The Morgan fingerprint density at radius 1 is 1.20 bits per heavy atom. The standard InChI is InChI=1S/C11H16ClNO5S2/c1-2-6-19(14,15)7-5-18-10-4-3-9(12)8-11(10)20(13,16)17/h3-4,8H,2,5-7H2,1H3,(H2,13,16,17). The minimum Gasteiger partial charge on any atom is -0.491 e. The molecule has 0 aliphatic rings. The summed E-state index contributed by atoms with van der Waals surface area (Å²) in [5.41, 5.74) is 0. The van der Waals surface area contributed by atoms with Crippen LogP contribution in [0.3, 0.4) is 0 Å². The molecule has 114 valence electrons. The Balaban J connectivity index is 2.84. The van der Waals surface area contributed by atoms with E-state index in [1.807, 2.05) is 0 Å². The van der Waals surface area contributed by atoms with Crippen LogP contribution in [0.25, 0.3) is 0 Å². The molecule has 1 rings (SSSR count). The predicted molar refractivity (Wildman–Crippen MR) is 77.3 cm³/mol. The van der Waals surface area contributed by atoms with Crippen LogP contribution in [0, 0.1) is 0 Å². The normalized spacial score (nSPS) is 12.3. The van der Waals surface area contributed by atoms with E-state index in [-0.39, 0.29) is 33.8 Å². The number of primary sulfonamides is 1. The second-order valence-corrected chi connectivity index (χ2v) is 8.41. The summed E-state index contributed by atoms with van der Waals surface area (Å²) < 4.78 is 51.0. The topological polar surface area (TPSA) is 104 Å². The van der Waals surface area contributed by atoms with Crippen LogP contribution in [0.4, 0.5) is 0 Å². The molecule has 1 aromatic carbocycles. The molecule has 9 heteroatoms. The number of sulfone groups is 1. The van der Waals surface area contributed by atoms with Crippen molar-refractivity contribution in [3.8, 4) is 5.75 Å². The Hall–Kier alpha value is -0.830. The molecule has 0 unspecified atom stereocenters. The molecule has 0 aromatic heterocycles. The molecule has 0 aliphatic carbocycles. The lowest BCUT2D eigenvalue weighted by molar-refractivity contribution is 0.332. The van der Waals surface area contributed by atoms with Crippen molar-refractivity contribution >= 4 is 31.5 Å². The Labute approximate surface area is 123 Å². The van der Waals surface area contributed by atoms with Gasteiger partial charge in [0.15, 0.2) is 9.84 Å². The zero-order valence-electron chi connectivity index (χ0n) is 10.9. The average Bonchev–Trinajstić information content (AvgIpc) is 2.29. The summed E-state index contributed by atoms with van der Waals surface area (Å²) in [6.07, 6.45) is 0.520. The predicted octanol–water partition coefficient (Wildman–Crippen LogP) is 1.19. The first kappa shape index (κ1) is 17.2. The van der Waals surface area contributed by atoms with Gasteiger partial charge in [-0.3, -0.25) is 0 Å². The maximum absolute atomic E-state index is 11.5. The third-order valence-corrected chi connectivity index (χ3v) is 5.37. The summed E-state index contributed by atoms with van der Waals surface area (Å²) in [4.78, 5) is -0.266. The second-order valence-electron chi connectivity index (χ2n) is 4.14. The van der Waals surface area contributed by atoms with Gasteiger partial charge in [-0.25, -0.2) is 22.0 Å². The number of hydrogen-bond donors (Lipinski definition) is 1. The first-order valence-electron chi connectivity index (χ1n) is 5.81. The first-order valence-corrected chi connectivity index (χ1v) is 9.56. The molecule has 2 N–H and O–H groups in total. The van der Waals surface area contributed by atoms with Crippen molar-refractivity contribution in [2.45, 2.75) is 18.2 Å². The van der Waals surface area contributed by atoms with Crippen LogP contribution in [0.15, 0.2) is 23.1 Å². The lowest BCUT2D eigenvalue weighted by Crippen LogP contribution is -2.18. The van der Waals surface area contributed by atoms with Crippen LogP contribution in [0.5, 0.6) is 5.75 Å². The largest absolute Gasteiger partial charge is 0.491 e. The van der Waals surface area contributed by atoms with Gasteiger partial charge < -0.3 is 4.74 Å². The molecule has 0 heterocycles. The van der Waals surface area contributed by atoms with E-state index in [1.165, 1.54) is 12.1 Å². The van der Waals surface area contributed by atoms with E-state index in [4.69, 9.17) is 21.5 Å². The van der Waals surface area contributed by atoms with Crippen molar-refractivity contribution in [1.82, 2.24) is 0 Å². The van der Waals surface area contributed by atoms with Crippen molar-refractivity contribution in [3.05, 3.63) is 23.2 Å². The van der Waals surface area contributed by atoms with E-state index in [0.717, 1.165) is 6.07 Å². The lowest BCUT2D eigenvalue weighted by atomic mass is 10.3. The number of ether oxygens (including phenoxy) is 1. The highest BCUT2D eigenvalue weighted by molar-refractivity contribution is 7.91. The Morgan fingerprint density at radius 3 is 2.40 bits per heavy atom. The number of sulfonamides is 1. The fourth-order valence-electron chi connectivity index (χ4n) is 1.52. The molecule has 0 saturated carbocycles. The smallest absolute Gasteiger partial charge is 0.241 e. The fourth-order valence-corrected chi connectivity index (χ4v) is 3.61. The minimum absolute atomic E-state index is 0.0106. The van der Waals surface area contributed by atoms with E-state index in [0.29, 0.717) is 6.42 Å². The molecule has 6 nitrogen and oxygen atoms in total. The van der Waals surface area contributed by atoms with Gasteiger partial charge in [-0.2, -0.15) is 0 Å². The van der Waals surface area contributed by atoms with Gasteiger partial charge in [0.25, 0.3) is 0 Å². The summed E-state index contributed by atoms with van der Waals surface area (Å²) in [6.45, 7) is 1.61. The van der Waals surface area contributed by atoms with Crippen LogP contribution < -0.4 is 9.88 Å². The van der Waals surface area contributed by atoms with Gasteiger partial charge in [-0.1, -0.05) is 18.5 Å². The highest BCUT2D eigenvalue weighted by Crippen LogP contribution is 2.26. The summed E-state index contributed by atoms with van der Waals surface area (Å²) in [5.74, 6) is -0.129. The van der Waals surface area contributed by atoms with Crippen molar-refractivity contribution in [2.75, 3.05) is 18.1 Å². The zero-order valence-corrected chi connectivity index (χ0v) is 13.3. The van der Waals surface area contributed by atoms with E-state index in [1.54, 1.807) is 6.92 Å². The molecule has 0 aliphatic heterocycles. The molecular weight excluding hydrogens is 326 g/mol. The maximum Gasteiger partial charge on any atom is 0.241 e. The molecule has 0 radical (unpaired) electrons. The number of benzene rings is 1. The molecule has 1 aromatic rings. The molecule has 0 bridgehead atoms. The monoisotopic (exact) mass is 341 g/mol. The first-order chi connectivity index (χ1) is 9.15. The van der Waals surface area contributed by atoms with Crippen molar-refractivity contribution in [2.24, 2.45) is 5.14 Å². The summed E-state index contributed by atoms with van der Waals surface area (Å²) in [5, 5.41) is 5.24. The van der Waals surface area contributed by atoms with Crippen molar-refractivity contribution < 1.29 is 21.6 Å². The van der Waals surface area contributed by atoms with Crippen molar-refractivity contribution in [3.63, 3.8) is 0 Å². The molecule has 0 saturated heterocycles. The van der Waals surface area contributed by atoms with Crippen LogP contribution in [0.1, 0.15) is 13.3 Å². The van der Waals surface area contributed by atoms with Gasteiger partial charge in [-0.05, 0) is 24.6 Å². The summed E-state index contributed by atoms with van der Waals surface area (Å²) in [6, 6.07) is 3.94. The van der Waals surface area contributed by atoms with Crippen LogP contribution in [-0.2, 0) is 19.9 Å². The summed E-state index contributed by atoms with van der Waals surface area (Å²) in [7, 11) is -7.18. The van der Waals surface area contributed by atoms with Gasteiger partial charge in [-0.15, -0.1) is 0 Å². The average molecular weight is 342 g/mol. The number of nitrogens with two attached hydrogens (primary N) is 1. The highest BCUT2D eigenvalue weighted by atomic mass is 35.5. The minimum atomic E-state index is -3.99. The van der Waals surface area contributed by atoms with Gasteiger partial charge in [0.1, 0.15) is 17.3 Å². The highest BCUT2D eigenvalue weighted by Gasteiger charge is 2.17. The fraction of sp³-hybridized carbons (Fsp3) is 0.455. The second kappa shape index (κ2) is 6.75. The Bertz CT molecular complexity index is 670. The third-order valence-electron chi connectivity index (χ3n) is 2.38. The Kier molecular flexibility index (Phi) is 5.81.